The van der Waals surface area contributed by atoms with E-state index in [-0.39, 0.29) is 29.3 Å². The highest BCUT2D eigenvalue weighted by Gasteiger charge is 2.72. The maximum atomic E-state index is 13.5. The fraction of sp³-hybridized carbons (Fsp3) is 0.667. The lowest BCUT2D eigenvalue weighted by Gasteiger charge is -2.60. The summed E-state index contributed by atoms with van der Waals surface area (Å²) in [4.78, 5) is 31.6. The molecule has 1 heterocycles. The van der Waals surface area contributed by atoms with Gasteiger partial charge in [0.25, 0.3) is 0 Å². The zero-order valence-electron chi connectivity index (χ0n) is 28.3. The third-order valence-electron chi connectivity index (χ3n) is 12.2. The van der Waals surface area contributed by atoms with E-state index in [1.54, 1.807) is 0 Å². The Bertz CT molecular complexity index is 1590. The van der Waals surface area contributed by atoms with E-state index in [2.05, 4.69) is 13.0 Å². The summed E-state index contributed by atoms with van der Waals surface area (Å²) in [6, 6.07) is 7.64. The van der Waals surface area contributed by atoms with Crippen molar-refractivity contribution in [3.8, 4) is 11.4 Å². The van der Waals surface area contributed by atoms with Crippen LogP contribution in [0.4, 0.5) is 0 Å². The van der Waals surface area contributed by atoms with E-state index in [9.17, 15) is 24.7 Å². The number of ether oxygens (including phenoxy) is 2. The van der Waals surface area contributed by atoms with Crippen LogP contribution in [-0.2, 0) is 20.5 Å². The quantitative estimate of drug-likeness (QED) is 0.150. The number of unbranched alkanes of at least 4 members (excludes halogenated alkanes) is 2. The lowest BCUT2D eigenvalue weighted by Crippen LogP contribution is -2.65. The summed E-state index contributed by atoms with van der Waals surface area (Å²) in [7, 11) is -4.01. The number of carbonyl (C=O) groups excluding carboxylic acids is 1. The molecule has 4 aliphatic carbocycles. The van der Waals surface area contributed by atoms with Crippen LogP contribution in [0.5, 0.6) is 5.75 Å². The molecule has 8 atom stereocenters. The first-order chi connectivity index (χ1) is 22.8. The number of hydrogen-bond acceptors (Lipinski definition) is 8. The highest BCUT2D eigenvalue weighted by Crippen LogP contribution is 2.68. The number of rotatable bonds is 13. The Balaban J connectivity index is 1.24. The fourth-order valence-corrected chi connectivity index (χ4v) is 10.7. The molecule has 264 valence electrons. The average molecular weight is 687 g/mol. The SMILES string of the molecule is CCCCO[C@]1(C(=O)CO)[C@H](O)C[C@H]2[C@@H]3CCC4=Cc5c(cnn5-c5cccc(OCCCCP(=O)(O)O)c5)C[C@]4(C)[C@H]3[C@@H](O)C[C@@]21C. The minimum absolute atomic E-state index is 0.0416. The maximum absolute atomic E-state index is 13.5. The molecule has 11 nitrogen and oxygen atoms in total. The largest absolute Gasteiger partial charge is 0.494 e. The van der Waals surface area contributed by atoms with Gasteiger partial charge in [-0.1, -0.05) is 38.8 Å². The number of nitrogens with zero attached hydrogens (tertiary/aromatic N) is 2. The molecule has 0 bridgehead atoms. The zero-order chi connectivity index (χ0) is 34.5. The number of allylic oxidation sites excluding steroid dienone is 1. The molecule has 0 unspecified atom stereocenters. The fourth-order valence-electron chi connectivity index (χ4n) is 10.0. The molecule has 0 radical (unpaired) electrons. The summed E-state index contributed by atoms with van der Waals surface area (Å²) < 4.78 is 25.3. The Morgan fingerprint density at radius 2 is 1.94 bits per heavy atom. The number of ketones is 1. The molecule has 1 aromatic heterocycles. The Morgan fingerprint density at radius 1 is 1.15 bits per heavy atom. The van der Waals surface area contributed by atoms with Crippen molar-refractivity contribution in [2.45, 2.75) is 96.4 Å². The number of aromatic nitrogens is 2. The molecule has 4 aliphatic rings. The van der Waals surface area contributed by atoms with Gasteiger partial charge in [0, 0.05) is 24.3 Å². The van der Waals surface area contributed by atoms with Crippen molar-refractivity contribution in [1.82, 2.24) is 9.78 Å². The summed E-state index contributed by atoms with van der Waals surface area (Å²) in [5.74, 6) is 0.125. The second-order valence-electron chi connectivity index (χ2n) is 15.0. The van der Waals surface area contributed by atoms with Gasteiger partial charge in [0.05, 0.1) is 36.4 Å². The van der Waals surface area contributed by atoms with Crippen molar-refractivity contribution in [2.75, 3.05) is 26.0 Å². The van der Waals surface area contributed by atoms with E-state index < -0.39 is 43.2 Å². The van der Waals surface area contributed by atoms with Crippen LogP contribution in [0.25, 0.3) is 11.8 Å². The van der Waals surface area contributed by atoms with Crippen LogP contribution in [0.1, 0.15) is 83.4 Å². The van der Waals surface area contributed by atoms with Gasteiger partial charge in [0.2, 0.25) is 0 Å². The standard InChI is InChI=1S/C36H51N2O9P/c1-4-5-14-47-36(32(42)22-39)31(41)18-28-27-12-11-24-16-29-23(19-34(24,2)33(27)30(40)20-35(28,36)3)21-37-38(29)25-9-8-10-26(17-25)46-13-6-7-15-48(43,44)45/h8-10,16-17,21,27-28,30-31,33,39-41H,4-7,11-15,18-20,22H2,1-3H3,(H2,43,44,45)/t27-,28-,30-,31+,33+,34-,35-,36-/m0/s1. The van der Waals surface area contributed by atoms with Gasteiger partial charge < -0.3 is 34.6 Å². The van der Waals surface area contributed by atoms with E-state index in [1.165, 1.54) is 5.57 Å². The van der Waals surface area contributed by atoms with Crippen molar-refractivity contribution < 1.29 is 43.9 Å². The second kappa shape index (κ2) is 13.4. The number of Topliss-reactive ketones (excluding diaryl/α,β-unsaturated/α-hetero) is 1. The van der Waals surface area contributed by atoms with E-state index in [4.69, 9.17) is 24.4 Å². The van der Waals surface area contributed by atoms with Gasteiger partial charge in [-0.05, 0) is 98.3 Å². The Morgan fingerprint density at radius 3 is 2.67 bits per heavy atom. The number of aliphatic hydroxyl groups is 3. The highest BCUT2D eigenvalue weighted by molar-refractivity contribution is 7.51. The van der Waals surface area contributed by atoms with Crippen LogP contribution in [0.2, 0.25) is 0 Å². The Kier molecular flexibility index (Phi) is 9.90. The molecule has 0 aliphatic heterocycles. The predicted octanol–water partition coefficient (Wildman–Crippen LogP) is 4.45. The number of fused-ring (bicyclic) bond motifs is 6. The molecule has 6 rings (SSSR count). The van der Waals surface area contributed by atoms with Crippen LogP contribution >= 0.6 is 7.60 Å². The van der Waals surface area contributed by atoms with Crippen molar-refractivity contribution in [3.05, 3.63) is 47.3 Å². The minimum atomic E-state index is -4.01. The molecular formula is C36H51N2O9P. The van der Waals surface area contributed by atoms with Crippen LogP contribution in [0, 0.1) is 28.6 Å². The topological polar surface area (TPSA) is 172 Å². The molecule has 3 fully saturated rings. The number of aliphatic hydroxyl groups excluding tert-OH is 3. The van der Waals surface area contributed by atoms with Crippen molar-refractivity contribution in [3.63, 3.8) is 0 Å². The van der Waals surface area contributed by atoms with E-state index >= 15 is 0 Å². The summed E-state index contributed by atoms with van der Waals surface area (Å²) in [6.07, 6.45) is 7.83. The average Bonchev–Trinajstić information content (AvgIpc) is 3.53. The van der Waals surface area contributed by atoms with Gasteiger partial charge in [-0.15, -0.1) is 0 Å². The Hall–Kier alpha value is -2.37. The second-order valence-corrected chi connectivity index (χ2v) is 16.7. The van der Waals surface area contributed by atoms with Gasteiger partial charge in [-0.25, -0.2) is 4.68 Å². The van der Waals surface area contributed by atoms with Crippen LogP contribution in [0.3, 0.4) is 0 Å². The van der Waals surface area contributed by atoms with Crippen LogP contribution in [-0.4, -0.2) is 84.5 Å². The summed E-state index contributed by atoms with van der Waals surface area (Å²) in [5.41, 5.74) is 1.53. The molecule has 2 aromatic rings. The predicted molar refractivity (Wildman–Crippen MR) is 180 cm³/mol. The smallest absolute Gasteiger partial charge is 0.325 e. The van der Waals surface area contributed by atoms with Crippen LogP contribution < -0.4 is 4.74 Å². The molecular weight excluding hydrogens is 635 g/mol. The molecule has 48 heavy (non-hydrogen) atoms. The van der Waals surface area contributed by atoms with E-state index in [0.717, 1.165) is 42.6 Å². The third-order valence-corrected chi connectivity index (χ3v) is 13.1. The lowest BCUT2D eigenvalue weighted by molar-refractivity contribution is -0.209. The first-order valence-electron chi connectivity index (χ1n) is 17.5. The molecule has 12 heteroatoms. The van der Waals surface area contributed by atoms with Crippen molar-refractivity contribution in [2.24, 2.45) is 28.6 Å². The maximum Gasteiger partial charge on any atom is 0.325 e. The van der Waals surface area contributed by atoms with Crippen molar-refractivity contribution in [1.29, 1.82) is 0 Å². The summed E-state index contributed by atoms with van der Waals surface area (Å²) in [5, 5.41) is 38.5. The van der Waals surface area contributed by atoms with Gasteiger partial charge in [-0.3, -0.25) is 9.36 Å². The summed E-state index contributed by atoms with van der Waals surface area (Å²) >= 11 is 0. The molecule has 0 spiro atoms. The number of benzene rings is 1. The number of hydrogen-bond donors (Lipinski definition) is 5. The first kappa shape index (κ1) is 35.5. The van der Waals surface area contributed by atoms with E-state index in [1.807, 2.05) is 49.0 Å². The van der Waals surface area contributed by atoms with Crippen molar-refractivity contribution >= 4 is 19.5 Å². The van der Waals surface area contributed by atoms with Gasteiger partial charge in [0.15, 0.2) is 11.4 Å². The molecule has 5 N–H and O–H groups in total. The van der Waals surface area contributed by atoms with E-state index in [0.29, 0.717) is 51.1 Å². The molecule has 0 saturated heterocycles. The third kappa shape index (κ3) is 5.93. The zero-order valence-corrected chi connectivity index (χ0v) is 29.1. The molecule has 1 aromatic carbocycles. The van der Waals surface area contributed by atoms with Crippen LogP contribution in [0.15, 0.2) is 36.0 Å². The minimum Gasteiger partial charge on any atom is -0.494 e. The van der Waals surface area contributed by atoms with Gasteiger partial charge in [0.1, 0.15) is 12.4 Å². The highest BCUT2D eigenvalue weighted by atomic mass is 31.2. The normalized spacial score (nSPS) is 34.1. The number of carbonyl (C=O) groups is 1. The van der Waals surface area contributed by atoms with Gasteiger partial charge >= 0.3 is 7.60 Å². The van der Waals surface area contributed by atoms with Gasteiger partial charge in [-0.2, -0.15) is 5.10 Å². The molecule has 0 amide bonds. The summed E-state index contributed by atoms with van der Waals surface area (Å²) in [6.45, 7) is 6.24. The first-order valence-corrected chi connectivity index (χ1v) is 19.3. The molecule has 3 saturated carbocycles. The monoisotopic (exact) mass is 686 g/mol. The lowest BCUT2D eigenvalue weighted by atomic mass is 9.45. The Labute approximate surface area is 282 Å².